The van der Waals surface area contributed by atoms with Crippen molar-refractivity contribution >= 4 is 27.7 Å². The fourth-order valence-corrected chi connectivity index (χ4v) is 4.08. The van der Waals surface area contributed by atoms with Gasteiger partial charge in [0.05, 0.1) is 4.90 Å². The topological polar surface area (TPSA) is 125 Å². The van der Waals surface area contributed by atoms with E-state index in [0.717, 1.165) is 6.42 Å². The molecule has 2 rings (SSSR count). The number of amidine groups is 1. The van der Waals surface area contributed by atoms with E-state index in [1.807, 2.05) is 6.92 Å². The van der Waals surface area contributed by atoms with Gasteiger partial charge in [-0.1, -0.05) is 31.9 Å². The summed E-state index contributed by atoms with van der Waals surface area (Å²) in [5.74, 6) is -0.924. The predicted molar refractivity (Wildman–Crippen MR) is 101 cm³/mol. The number of rotatable bonds is 10. The average molecular weight is 395 g/mol. The summed E-state index contributed by atoms with van der Waals surface area (Å²) < 4.78 is 26.4. The van der Waals surface area contributed by atoms with Crippen molar-refractivity contribution in [2.45, 2.75) is 56.4 Å². The lowest BCUT2D eigenvalue weighted by molar-refractivity contribution is -0.142. The van der Waals surface area contributed by atoms with Crippen molar-refractivity contribution in [1.29, 1.82) is 0 Å². The van der Waals surface area contributed by atoms with Gasteiger partial charge in [-0.2, -0.15) is 0 Å². The number of carbonyl (C=O) groups excluding carboxylic acids is 1. The van der Waals surface area contributed by atoms with Crippen LogP contribution in [0.2, 0.25) is 0 Å². The first-order chi connectivity index (χ1) is 12.8. The molecule has 3 N–H and O–H groups in total. The third-order valence-corrected chi connectivity index (χ3v) is 5.60. The number of carboxylic acids is 1. The minimum Gasteiger partial charge on any atom is -0.480 e. The van der Waals surface area contributed by atoms with E-state index in [4.69, 9.17) is 5.11 Å². The Hall–Kier alpha value is -2.42. The third kappa shape index (κ3) is 5.78. The van der Waals surface area contributed by atoms with E-state index in [-0.39, 0.29) is 17.2 Å². The number of nitrogens with zero attached hydrogens (tertiary/aromatic N) is 1. The van der Waals surface area contributed by atoms with Crippen molar-refractivity contribution in [3.63, 3.8) is 0 Å². The molecule has 0 aliphatic carbocycles. The zero-order chi connectivity index (χ0) is 19.9. The normalized spacial score (nSPS) is 17.1. The second-order valence-corrected chi connectivity index (χ2v) is 8.04. The number of fused-ring (bicyclic) bond motifs is 1. The molecule has 0 fully saturated rings. The Morgan fingerprint density at radius 2 is 1.96 bits per heavy atom. The summed E-state index contributed by atoms with van der Waals surface area (Å²) >= 11 is 0. The molecule has 9 heteroatoms. The molecule has 1 aromatic rings. The summed E-state index contributed by atoms with van der Waals surface area (Å²) in [4.78, 5) is 27.4. The van der Waals surface area contributed by atoms with E-state index < -0.39 is 22.0 Å². The van der Waals surface area contributed by atoms with Crippen LogP contribution in [0.15, 0.2) is 34.2 Å². The van der Waals surface area contributed by atoms with Crippen LogP contribution in [-0.2, 0) is 19.6 Å². The standard InChI is InChI=1S/C18H25N3O5S/c1-2-8-14(18(23)24)20-16(22)11-4-3-7-12-19-17-13-9-5-6-10-15(13)27(25,26)21-17/h5-6,9-10,14H,2-4,7-8,11-12H2,1H3,(H,19,21)(H,20,22)(H,23,24). The van der Waals surface area contributed by atoms with Crippen LogP contribution >= 0.6 is 0 Å². The molecule has 0 spiro atoms. The van der Waals surface area contributed by atoms with Gasteiger partial charge in [0.15, 0.2) is 0 Å². The van der Waals surface area contributed by atoms with Crippen molar-refractivity contribution in [2.24, 2.45) is 4.99 Å². The Morgan fingerprint density at radius 1 is 1.22 bits per heavy atom. The first kappa shape index (κ1) is 20.9. The molecule has 0 bridgehead atoms. The summed E-state index contributed by atoms with van der Waals surface area (Å²) in [5.41, 5.74) is 0.576. The number of hydrogen-bond acceptors (Lipinski definition) is 5. The first-order valence-corrected chi connectivity index (χ1v) is 10.5. The van der Waals surface area contributed by atoms with E-state index in [9.17, 15) is 18.0 Å². The number of sulfonamides is 1. The maximum absolute atomic E-state index is 12.0. The molecule has 1 aliphatic heterocycles. The monoisotopic (exact) mass is 395 g/mol. The number of unbranched alkanes of at least 4 members (excludes halogenated alkanes) is 2. The number of aliphatic carboxylic acids is 1. The first-order valence-electron chi connectivity index (χ1n) is 9.04. The average Bonchev–Trinajstić information content (AvgIpc) is 2.88. The Morgan fingerprint density at radius 3 is 2.67 bits per heavy atom. The quantitative estimate of drug-likeness (QED) is 0.520. The number of amides is 1. The van der Waals surface area contributed by atoms with Gasteiger partial charge in [-0.15, -0.1) is 0 Å². The van der Waals surface area contributed by atoms with Gasteiger partial charge in [-0.3, -0.25) is 14.5 Å². The molecule has 1 heterocycles. The minimum absolute atomic E-state index is 0.237. The molecule has 0 radical (unpaired) electrons. The second-order valence-electron chi connectivity index (χ2n) is 6.39. The molecular formula is C18H25N3O5S. The molecule has 0 saturated heterocycles. The van der Waals surface area contributed by atoms with Crippen LogP contribution in [0.3, 0.4) is 0 Å². The number of carbonyl (C=O) groups is 2. The fourth-order valence-electron chi connectivity index (χ4n) is 2.83. The number of carboxylic acid groups (broad SMARTS) is 1. The second kappa shape index (κ2) is 9.50. The number of aliphatic imine (C=N–C) groups is 1. The lowest BCUT2D eigenvalue weighted by Gasteiger charge is -2.13. The van der Waals surface area contributed by atoms with Crippen LogP contribution < -0.4 is 10.0 Å². The highest BCUT2D eigenvalue weighted by Gasteiger charge is 2.29. The van der Waals surface area contributed by atoms with Crippen molar-refractivity contribution in [3.05, 3.63) is 29.8 Å². The van der Waals surface area contributed by atoms with Gasteiger partial charge in [0.25, 0.3) is 10.0 Å². The molecule has 8 nitrogen and oxygen atoms in total. The Kier molecular flexibility index (Phi) is 7.35. The lowest BCUT2D eigenvalue weighted by atomic mass is 10.1. The third-order valence-electron chi connectivity index (χ3n) is 4.21. The Balaban J connectivity index is 1.73. The molecule has 1 atom stereocenters. The van der Waals surface area contributed by atoms with Gasteiger partial charge in [-0.25, -0.2) is 13.2 Å². The summed E-state index contributed by atoms with van der Waals surface area (Å²) in [6, 6.07) is 5.86. The van der Waals surface area contributed by atoms with Crippen LogP contribution in [0.25, 0.3) is 0 Å². The predicted octanol–water partition coefficient (Wildman–Crippen LogP) is 1.65. The van der Waals surface area contributed by atoms with Crippen LogP contribution in [0.4, 0.5) is 0 Å². The summed E-state index contributed by atoms with van der Waals surface area (Å²) in [6.45, 7) is 2.31. The van der Waals surface area contributed by atoms with Gasteiger partial charge in [0.1, 0.15) is 11.9 Å². The van der Waals surface area contributed by atoms with Crippen molar-refractivity contribution in [2.75, 3.05) is 6.54 Å². The Bertz CT molecular complexity index is 820. The van der Waals surface area contributed by atoms with Gasteiger partial charge in [0, 0.05) is 18.5 Å². The largest absolute Gasteiger partial charge is 0.480 e. The molecule has 1 amide bonds. The van der Waals surface area contributed by atoms with E-state index in [1.165, 1.54) is 0 Å². The van der Waals surface area contributed by atoms with Crippen molar-refractivity contribution < 1.29 is 23.1 Å². The van der Waals surface area contributed by atoms with Crippen LogP contribution in [0.1, 0.15) is 51.0 Å². The fraction of sp³-hybridized carbons (Fsp3) is 0.500. The molecule has 148 valence electrons. The SMILES string of the molecule is CCCC(NC(=O)CCCCCN=C1NS(=O)(=O)c2ccccc21)C(=O)O. The highest BCUT2D eigenvalue weighted by molar-refractivity contribution is 7.90. The summed E-state index contributed by atoms with van der Waals surface area (Å²) in [7, 11) is -3.52. The van der Waals surface area contributed by atoms with Gasteiger partial charge < -0.3 is 10.4 Å². The zero-order valence-electron chi connectivity index (χ0n) is 15.3. The van der Waals surface area contributed by atoms with E-state index in [1.54, 1.807) is 24.3 Å². The maximum atomic E-state index is 12.0. The molecule has 1 unspecified atom stereocenters. The van der Waals surface area contributed by atoms with E-state index in [0.29, 0.717) is 43.6 Å². The van der Waals surface area contributed by atoms with Gasteiger partial charge in [0.2, 0.25) is 5.91 Å². The van der Waals surface area contributed by atoms with Gasteiger partial charge in [-0.05, 0) is 31.4 Å². The van der Waals surface area contributed by atoms with E-state index in [2.05, 4.69) is 15.0 Å². The zero-order valence-corrected chi connectivity index (χ0v) is 16.1. The summed E-state index contributed by atoms with van der Waals surface area (Å²) in [5, 5.41) is 11.6. The van der Waals surface area contributed by atoms with Crippen molar-refractivity contribution in [1.82, 2.24) is 10.0 Å². The number of benzene rings is 1. The van der Waals surface area contributed by atoms with Crippen LogP contribution in [0.5, 0.6) is 0 Å². The molecule has 1 aromatic carbocycles. The van der Waals surface area contributed by atoms with Crippen LogP contribution in [-0.4, -0.2) is 43.8 Å². The number of hydrogen-bond donors (Lipinski definition) is 3. The molecule has 1 aliphatic rings. The minimum atomic E-state index is -3.52. The number of nitrogens with one attached hydrogen (secondary N) is 2. The molecule has 0 saturated carbocycles. The summed E-state index contributed by atoms with van der Waals surface area (Å²) in [6.07, 6.45) is 3.43. The van der Waals surface area contributed by atoms with E-state index >= 15 is 0 Å². The molecular weight excluding hydrogens is 370 g/mol. The van der Waals surface area contributed by atoms with Crippen LogP contribution in [0, 0.1) is 0 Å². The van der Waals surface area contributed by atoms with Gasteiger partial charge >= 0.3 is 5.97 Å². The highest BCUT2D eigenvalue weighted by atomic mass is 32.2. The maximum Gasteiger partial charge on any atom is 0.326 e. The van der Waals surface area contributed by atoms with Crippen molar-refractivity contribution in [3.8, 4) is 0 Å². The molecule has 0 aromatic heterocycles. The lowest BCUT2D eigenvalue weighted by Crippen LogP contribution is -2.40. The Labute approximate surface area is 159 Å². The highest BCUT2D eigenvalue weighted by Crippen LogP contribution is 2.22. The molecule has 27 heavy (non-hydrogen) atoms. The smallest absolute Gasteiger partial charge is 0.326 e.